The van der Waals surface area contributed by atoms with E-state index in [1.54, 1.807) is 0 Å². The molecule has 0 radical (unpaired) electrons. The molecule has 1 unspecified atom stereocenters. The lowest BCUT2D eigenvalue weighted by Crippen LogP contribution is -2.31. The lowest BCUT2D eigenvalue weighted by molar-refractivity contribution is 0.153. The number of rotatable bonds is 9. The van der Waals surface area contributed by atoms with Gasteiger partial charge in [-0.1, -0.05) is 72.3 Å². The maximum atomic E-state index is 6.46. The Kier molecular flexibility index (Phi) is 7.66. The van der Waals surface area contributed by atoms with Gasteiger partial charge in [0.2, 0.25) is 0 Å². The molecule has 3 aromatic carbocycles. The molecule has 6 aromatic rings. The van der Waals surface area contributed by atoms with E-state index in [2.05, 4.69) is 80.8 Å². The second-order valence-electron chi connectivity index (χ2n) is 11.1. The first-order valence-electron chi connectivity index (χ1n) is 14.6. The Balaban J connectivity index is 1.06. The molecule has 7 heteroatoms. The third-order valence-corrected chi connectivity index (χ3v) is 8.53. The third kappa shape index (κ3) is 5.79. The minimum atomic E-state index is 0.254. The summed E-state index contributed by atoms with van der Waals surface area (Å²) in [7, 11) is 0. The van der Waals surface area contributed by atoms with Crippen molar-refractivity contribution in [3.63, 3.8) is 0 Å². The Morgan fingerprint density at radius 2 is 1.64 bits per heavy atom. The number of nitrogens with zero attached hydrogens (tertiary/aromatic N) is 4. The fourth-order valence-corrected chi connectivity index (χ4v) is 6.30. The monoisotopic (exact) mass is 572 g/mol. The number of para-hydroxylation sites is 3. The smallest absolute Gasteiger partial charge is 0.134 e. The van der Waals surface area contributed by atoms with Gasteiger partial charge in [0, 0.05) is 36.8 Å². The summed E-state index contributed by atoms with van der Waals surface area (Å²) >= 11 is 6.46. The van der Waals surface area contributed by atoms with Crippen LogP contribution in [0.4, 0.5) is 0 Å². The average Bonchev–Trinajstić information content (AvgIpc) is 3.44. The van der Waals surface area contributed by atoms with Crippen LogP contribution in [0, 0.1) is 0 Å². The van der Waals surface area contributed by atoms with Gasteiger partial charge in [0.05, 0.1) is 34.8 Å². The van der Waals surface area contributed by atoms with Crippen LogP contribution in [0.5, 0.6) is 0 Å². The van der Waals surface area contributed by atoms with Gasteiger partial charge < -0.3 is 10.3 Å². The van der Waals surface area contributed by atoms with Crippen molar-refractivity contribution >= 4 is 33.5 Å². The lowest BCUT2D eigenvalue weighted by Gasteiger charge is -2.34. The Morgan fingerprint density at radius 1 is 0.833 bits per heavy atom. The summed E-state index contributed by atoms with van der Waals surface area (Å²) in [6.45, 7) is 2.98. The van der Waals surface area contributed by atoms with Gasteiger partial charge in [-0.05, 0) is 66.3 Å². The third-order valence-electron chi connectivity index (χ3n) is 8.20. The van der Waals surface area contributed by atoms with Gasteiger partial charge in [0.25, 0.3) is 0 Å². The molecule has 1 atom stereocenters. The summed E-state index contributed by atoms with van der Waals surface area (Å²) in [4.78, 5) is 20.4. The zero-order valence-corrected chi connectivity index (χ0v) is 24.2. The summed E-state index contributed by atoms with van der Waals surface area (Å²) in [6.07, 6.45) is 5.29. The summed E-state index contributed by atoms with van der Waals surface area (Å²) in [6, 6.07) is 31.9. The van der Waals surface area contributed by atoms with Crippen LogP contribution >= 0.6 is 11.6 Å². The van der Waals surface area contributed by atoms with Crippen molar-refractivity contribution in [2.75, 3.05) is 0 Å². The molecule has 42 heavy (non-hydrogen) atoms. The number of H-pyrrole nitrogens is 1. The molecule has 210 valence electrons. The van der Waals surface area contributed by atoms with Crippen LogP contribution in [-0.4, -0.2) is 24.8 Å². The molecule has 0 saturated heterocycles. The Hall–Kier alpha value is -4.10. The number of pyridine rings is 2. The van der Waals surface area contributed by atoms with Crippen LogP contribution < -0.4 is 5.32 Å². The molecule has 3 aromatic heterocycles. The molecule has 1 aliphatic carbocycles. The number of hydrogen-bond acceptors (Lipinski definition) is 5. The van der Waals surface area contributed by atoms with Gasteiger partial charge in [0.15, 0.2) is 0 Å². The van der Waals surface area contributed by atoms with Gasteiger partial charge in [-0.3, -0.25) is 9.88 Å². The lowest BCUT2D eigenvalue weighted by atomic mass is 9.90. The summed E-state index contributed by atoms with van der Waals surface area (Å²) in [5, 5.41) is 5.19. The molecule has 0 spiro atoms. The first kappa shape index (κ1) is 26.8. The largest absolute Gasteiger partial charge is 0.341 e. The van der Waals surface area contributed by atoms with Crippen molar-refractivity contribution in [1.82, 2.24) is 30.2 Å². The fourth-order valence-electron chi connectivity index (χ4n) is 6.09. The van der Waals surface area contributed by atoms with Crippen LogP contribution in [-0.2, 0) is 32.6 Å². The number of halogens is 1. The quantitative estimate of drug-likeness (QED) is 0.175. The predicted molar refractivity (Wildman–Crippen MR) is 169 cm³/mol. The van der Waals surface area contributed by atoms with E-state index in [1.165, 1.54) is 28.8 Å². The normalized spacial score (nSPS) is 15.0. The first-order valence-corrected chi connectivity index (χ1v) is 15.0. The number of imidazole rings is 1. The zero-order valence-electron chi connectivity index (χ0n) is 23.4. The summed E-state index contributed by atoms with van der Waals surface area (Å²) in [5.74, 6) is 0.988. The Bertz CT molecular complexity index is 1800. The van der Waals surface area contributed by atoms with Gasteiger partial charge >= 0.3 is 0 Å². The maximum absolute atomic E-state index is 6.46. The van der Waals surface area contributed by atoms with E-state index >= 15 is 0 Å². The first-order chi connectivity index (χ1) is 20.7. The van der Waals surface area contributed by atoms with Crippen LogP contribution in [0.3, 0.4) is 0 Å². The second-order valence-corrected chi connectivity index (χ2v) is 11.5. The Labute approximate surface area is 250 Å². The van der Waals surface area contributed by atoms with E-state index in [0.717, 1.165) is 65.8 Å². The molecule has 2 N–H and O–H groups in total. The van der Waals surface area contributed by atoms with Crippen molar-refractivity contribution in [3.8, 4) is 0 Å². The molecule has 7 rings (SSSR count). The van der Waals surface area contributed by atoms with Gasteiger partial charge in [-0.15, -0.1) is 0 Å². The van der Waals surface area contributed by atoms with E-state index in [-0.39, 0.29) is 6.04 Å². The van der Waals surface area contributed by atoms with Crippen molar-refractivity contribution in [1.29, 1.82) is 0 Å². The van der Waals surface area contributed by atoms with Crippen LogP contribution in [0.2, 0.25) is 5.15 Å². The van der Waals surface area contributed by atoms with E-state index in [1.807, 2.05) is 36.5 Å². The van der Waals surface area contributed by atoms with Crippen LogP contribution in [0.1, 0.15) is 52.7 Å². The maximum Gasteiger partial charge on any atom is 0.134 e. The number of fused-ring (bicyclic) bond motifs is 3. The highest BCUT2D eigenvalue weighted by atomic mass is 35.5. The summed E-state index contributed by atoms with van der Waals surface area (Å²) in [5.41, 5.74) is 9.10. The topological polar surface area (TPSA) is 69.7 Å². The number of aromatic amines is 1. The Morgan fingerprint density at radius 3 is 2.52 bits per heavy atom. The van der Waals surface area contributed by atoms with E-state index in [9.17, 15) is 0 Å². The van der Waals surface area contributed by atoms with E-state index in [0.29, 0.717) is 11.7 Å². The predicted octanol–water partition coefficient (Wildman–Crippen LogP) is 7.53. The number of aromatic nitrogens is 4. The molecule has 0 bridgehead atoms. The van der Waals surface area contributed by atoms with Crippen molar-refractivity contribution in [3.05, 3.63) is 136 Å². The molecule has 0 saturated carbocycles. The zero-order chi connectivity index (χ0) is 28.3. The van der Waals surface area contributed by atoms with Gasteiger partial charge in [0.1, 0.15) is 11.0 Å². The second kappa shape index (κ2) is 12.0. The number of hydrogen-bond donors (Lipinski definition) is 2. The molecular formula is C35H33ClN6. The van der Waals surface area contributed by atoms with Crippen LogP contribution in [0.25, 0.3) is 21.9 Å². The SMILES string of the molecule is Clc1nc2ccccc2cc1CNCc1ccc(CN(Cc2nc3ccccc3[nH]2)C2CCCc3cccnc32)cc1. The number of nitrogens with one attached hydrogen (secondary N) is 2. The highest BCUT2D eigenvalue weighted by molar-refractivity contribution is 6.30. The van der Waals surface area contributed by atoms with Crippen molar-refractivity contribution in [2.45, 2.75) is 51.5 Å². The highest BCUT2D eigenvalue weighted by Crippen LogP contribution is 2.34. The number of benzene rings is 3. The highest BCUT2D eigenvalue weighted by Gasteiger charge is 2.28. The van der Waals surface area contributed by atoms with Gasteiger partial charge in [-0.2, -0.15) is 0 Å². The minimum Gasteiger partial charge on any atom is -0.341 e. The molecule has 6 nitrogen and oxygen atoms in total. The molecule has 3 heterocycles. The van der Waals surface area contributed by atoms with Crippen molar-refractivity contribution in [2.24, 2.45) is 0 Å². The standard InChI is InChI=1S/C35H33ClN6/c36-35-28(19-27-7-1-2-10-29(27)41-35)21-37-20-24-14-16-25(17-15-24)22-42(23-33-39-30-11-3-4-12-31(30)40-33)32-13-5-8-26-9-6-18-38-34(26)32/h1-4,6-7,9-12,14-19,32,37H,5,8,13,20-23H2,(H,39,40). The van der Waals surface area contributed by atoms with Crippen LogP contribution in [0.15, 0.2) is 97.2 Å². The molecule has 0 aliphatic heterocycles. The average molecular weight is 573 g/mol. The fraction of sp³-hybridized carbons (Fsp3) is 0.229. The molecule has 1 aliphatic rings. The van der Waals surface area contributed by atoms with E-state index in [4.69, 9.17) is 21.6 Å². The molecule has 0 amide bonds. The van der Waals surface area contributed by atoms with Gasteiger partial charge in [-0.25, -0.2) is 9.97 Å². The number of aryl methyl sites for hydroxylation is 1. The molecular weight excluding hydrogens is 540 g/mol. The molecule has 0 fully saturated rings. The van der Waals surface area contributed by atoms with Crippen molar-refractivity contribution < 1.29 is 0 Å². The summed E-state index contributed by atoms with van der Waals surface area (Å²) < 4.78 is 0. The minimum absolute atomic E-state index is 0.254. The van der Waals surface area contributed by atoms with E-state index < -0.39 is 0 Å².